The van der Waals surface area contributed by atoms with E-state index in [-0.39, 0.29) is 5.91 Å². The maximum atomic E-state index is 12.8. The monoisotopic (exact) mass is 348 g/mol. The van der Waals surface area contributed by atoms with Crippen LogP contribution in [0.3, 0.4) is 0 Å². The van der Waals surface area contributed by atoms with Crippen molar-refractivity contribution >= 4 is 16.9 Å². The molecule has 0 unspecified atom stereocenters. The molecule has 1 amide bonds. The molecule has 0 bridgehead atoms. The lowest BCUT2D eigenvalue weighted by Gasteiger charge is -2.34. The van der Waals surface area contributed by atoms with E-state index >= 15 is 0 Å². The van der Waals surface area contributed by atoms with E-state index < -0.39 is 0 Å². The van der Waals surface area contributed by atoms with Crippen LogP contribution in [-0.4, -0.2) is 58.0 Å². The predicted molar refractivity (Wildman–Crippen MR) is 103 cm³/mol. The van der Waals surface area contributed by atoms with Crippen molar-refractivity contribution in [1.29, 1.82) is 0 Å². The number of piperazine rings is 1. The number of hydrogen-bond acceptors (Lipinski definition) is 3. The summed E-state index contributed by atoms with van der Waals surface area (Å²) < 4.78 is 1.97. The lowest BCUT2D eigenvalue weighted by Crippen LogP contribution is -2.49. The van der Waals surface area contributed by atoms with E-state index in [4.69, 9.17) is 0 Å². The number of hydrogen-bond donors (Lipinski definition) is 0. The minimum absolute atomic E-state index is 0.111. The normalized spacial score (nSPS) is 15.5. The average Bonchev–Trinajstić information content (AvgIpc) is 3.07. The molecule has 0 aliphatic carbocycles. The third-order valence-corrected chi connectivity index (χ3v) is 5.19. The van der Waals surface area contributed by atoms with Gasteiger partial charge in [-0.25, -0.2) is 4.98 Å². The number of rotatable bonds is 4. The Morgan fingerprint density at radius 1 is 1.04 bits per heavy atom. The minimum Gasteiger partial charge on any atom is -0.336 e. The number of nitrogens with zero attached hydrogens (tertiary/aromatic N) is 4. The summed E-state index contributed by atoms with van der Waals surface area (Å²) in [5.74, 6) is 0.111. The number of amides is 1. The van der Waals surface area contributed by atoms with Crippen LogP contribution in [0.25, 0.3) is 11.0 Å². The van der Waals surface area contributed by atoms with Gasteiger partial charge in [-0.2, -0.15) is 0 Å². The Balaban J connectivity index is 1.34. The van der Waals surface area contributed by atoms with Crippen LogP contribution in [-0.2, 0) is 13.5 Å². The molecule has 4 rings (SSSR count). The number of imidazole rings is 1. The molecule has 1 saturated heterocycles. The second-order valence-electron chi connectivity index (χ2n) is 6.93. The highest BCUT2D eigenvalue weighted by atomic mass is 16.2. The zero-order chi connectivity index (χ0) is 17.9. The van der Waals surface area contributed by atoms with Gasteiger partial charge in [0.15, 0.2) is 0 Å². The molecule has 0 atom stereocenters. The third-order valence-electron chi connectivity index (χ3n) is 5.19. The second-order valence-corrected chi connectivity index (χ2v) is 6.93. The van der Waals surface area contributed by atoms with Crippen LogP contribution in [0.5, 0.6) is 0 Å². The molecule has 26 heavy (non-hydrogen) atoms. The average molecular weight is 348 g/mol. The summed E-state index contributed by atoms with van der Waals surface area (Å²) in [7, 11) is 1.96. The third kappa shape index (κ3) is 3.48. The SMILES string of the molecule is Cn1cnc2cc(C(=O)N3CCN(CCc4ccccc4)CC3)ccc21. The van der Waals surface area contributed by atoms with Crippen molar-refractivity contribution < 1.29 is 4.79 Å². The fourth-order valence-corrected chi connectivity index (χ4v) is 3.56. The van der Waals surface area contributed by atoms with E-state index in [0.717, 1.165) is 55.7 Å². The smallest absolute Gasteiger partial charge is 0.254 e. The highest BCUT2D eigenvalue weighted by Crippen LogP contribution is 2.16. The zero-order valence-corrected chi connectivity index (χ0v) is 15.1. The maximum Gasteiger partial charge on any atom is 0.254 e. The summed E-state index contributed by atoms with van der Waals surface area (Å²) in [6.07, 6.45) is 2.84. The van der Waals surface area contributed by atoms with Crippen LogP contribution in [0.15, 0.2) is 54.9 Å². The molecule has 1 aliphatic rings. The predicted octanol–water partition coefficient (Wildman–Crippen LogP) is 2.57. The fourth-order valence-electron chi connectivity index (χ4n) is 3.56. The standard InChI is InChI=1S/C21H24N4O/c1-23-16-22-19-15-18(7-8-20(19)23)21(26)25-13-11-24(12-14-25)10-9-17-5-3-2-4-6-17/h2-8,15-16H,9-14H2,1H3. The van der Waals surface area contributed by atoms with Gasteiger partial charge in [-0.1, -0.05) is 30.3 Å². The van der Waals surface area contributed by atoms with Crippen molar-refractivity contribution in [3.8, 4) is 0 Å². The van der Waals surface area contributed by atoms with Crippen molar-refractivity contribution in [2.75, 3.05) is 32.7 Å². The molecule has 3 aromatic rings. The highest BCUT2D eigenvalue weighted by molar-refractivity contribution is 5.97. The minimum atomic E-state index is 0.111. The van der Waals surface area contributed by atoms with Crippen LogP contribution in [0.2, 0.25) is 0 Å². The van der Waals surface area contributed by atoms with E-state index in [2.05, 4.69) is 40.2 Å². The molecular formula is C21H24N4O. The molecule has 0 saturated carbocycles. The molecule has 0 spiro atoms. The Morgan fingerprint density at radius 2 is 1.81 bits per heavy atom. The molecule has 0 N–H and O–H groups in total. The largest absolute Gasteiger partial charge is 0.336 e. The summed E-state index contributed by atoms with van der Waals surface area (Å²) in [6, 6.07) is 16.4. The lowest BCUT2D eigenvalue weighted by molar-refractivity contribution is 0.0638. The zero-order valence-electron chi connectivity index (χ0n) is 15.1. The van der Waals surface area contributed by atoms with Gasteiger partial charge in [0.05, 0.1) is 17.4 Å². The number of carbonyl (C=O) groups is 1. The number of carbonyl (C=O) groups excluding carboxylic acids is 1. The Kier molecular flexibility index (Phi) is 4.71. The summed E-state index contributed by atoms with van der Waals surface area (Å²) >= 11 is 0. The van der Waals surface area contributed by atoms with Crippen molar-refractivity contribution in [3.63, 3.8) is 0 Å². The first-order valence-electron chi connectivity index (χ1n) is 9.17. The molecule has 1 aromatic heterocycles. The summed E-state index contributed by atoms with van der Waals surface area (Å²) in [5, 5.41) is 0. The molecule has 1 fully saturated rings. The van der Waals surface area contributed by atoms with Gasteiger partial charge in [-0.3, -0.25) is 9.69 Å². The van der Waals surface area contributed by atoms with E-state index in [1.165, 1.54) is 5.56 Å². The maximum absolute atomic E-state index is 12.8. The Labute approximate surface area is 153 Å². The van der Waals surface area contributed by atoms with E-state index in [1.54, 1.807) is 6.33 Å². The van der Waals surface area contributed by atoms with Gasteiger partial charge in [-0.05, 0) is 30.2 Å². The van der Waals surface area contributed by atoms with Crippen molar-refractivity contribution in [1.82, 2.24) is 19.4 Å². The Hall–Kier alpha value is -2.66. The van der Waals surface area contributed by atoms with Gasteiger partial charge in [0.1, 0.15) is 0 Å². The topological polar surface area (TPSA) is 41.4 Å². The number of aryl methyl sites for hydroxylation is 1. The van der Waals surface area contributed by atoms with Gasteiger partial charge >= 0.3 is 0 Å². The van der Waals surface area contributed by atoms with E-state index in [9.17, 15) is 4.79 Å². The number of fused-ring (bicyclic) bond motifs is 1. The number of aromatic nitrogens is 2. The van der Waals surface area contributed by atoms with Crippen molar-refractivity contribution in [2.24, 2.45) is 7.05 Å². The van der Waals surface area contributed by atoms with E-state index in [0.29, 0.717) is 0 Å². The Bertz CT molecular complexity index is 895. The van der Waals surface area contributed by atoms with Gasteiger partial charge in [0.25, 0.3) is 5.91 Å². The molecule has 1 aliphatic heterocycles. The van der Waals surface area contributed by atoms with Gasteiger partial charge in [0, 0.05) is 45.3 Å². The quantitative estimate of drug-likeness (QED) is 0.728. The van der Waals surface area contributed by atoms with Crippen molar-refractivity contribution in [3.05, 3.63) is 66.0 Å². The van der Waals surface area contributed by atoms with Crippen molar-refractivity contribution in [2.45, 2.75) is 6.42 Å². The Morgan fingerprint density at radius 3 is 2.58 bits per heavy atom. The van der Waals surface area contributed by atoms with Gasteiger partial charge in [0.2, 0.25) is 0 Å². The number of benzene rings is 2. The molecule has 2 aromatic carbocycles. The summed E-state index contributed by atoms with van der Waals surface area (Å²) in [6.45, 7) is 4.49. The summed E-state index contributed by atoms with van der Waals surface area (Å²) in [4.78, 5) is 21.6. The van der Waals surface area contributed by atoms with Crippen LogP contribution < -0.4 is 0 Å². The van der Waals surface area contributed by atoms with Gasteiger partial charge < -0.3 is 9.47 Å². The van der Waals surface area contributed by atoms with E-state index in [1.807, 2.05) is 34.7 Å². The molecular weight excluding hydrogens is 324 g/mol. The highest BCUT2D eigenvalue weighted by Gasteiger charge is 2.22. The second kappa shape index (κ2) is 7.30. The molecule has 2 heterocycles. The molecule has 5 heteroatoms. The van der Waals surface area contributed by atoms with Gasteiger partial charge in [-0.15, -0.1) is 0 Å². The first kappa shape index (κ1) is 16.8. The first-order chi connectivity index (χ1) is 12.7. The first-order valence-corrected chi connectivity index (χ1v) is 9.17. The summed E-state index contributed by atoms with van der Waals surface area (Å²) in [5.41, 5.74) is 4.02. The van der Waals surface area contributed by atoms with Crippen LogP contribution in [0, 0.1) is 0 Å². The van der Waals surface area contributed by atoms with Crippen LogP contribution in [0.1, 0.15) is 15.9 Å². The van der Waals surface area contributed by atoms with Crippen LogP contribution in [0.4, 0.5) is 0 Å². The molecule has 5 nitrogen and oxygen atoms in total. The fraction of sp³-hybridized carbons (Fsp3) is 0.333. The molecule has 134 valence electrons. The lowest BCUT2D eigenvalue weighted by atomic mass is 10.1. The van der Waals surface area contributed by atoms with Crippen LogP contribution >= 0.6 is 0 Å². The molecule has 0 radical (unpaired) electrons.